The summed E-state index contributed by atoms with van der Waals surface area (Å²) in [5.74, 6) is 1.70. The molecule has 7 nitrogen and oxygen atoms in total. The SMILES string of the molecule is CN=C(NCCCc1nnc2ccccn12)N1CCN(c2ccc(F)cc2)CC1.I. The van der Waals surface area contributed by atoms with Gasteiger partial charge < -0.3 is 15.1 Å². The summed E-state index contributed by atoms with van der Waals surface area (Å²) in [4.78, 5) is 8.98. The quantitative estimate of drug-likeness (QED) is 0.241. The topological polar surface area (TPSA) is 61.1 Å². The van der Waals surface area contributed by atoms with Crippen LogP contribution in [0, 0.1) is 5.82 Å². The first kappa shape index (κ1) is 22.3. The van der Waals surface area contributed by atoms with Crippen LogP contribution in [0.4, 0.5) is 10.1 Å². The molecule has 1 N–H and O–H groups in total. The van der Waals surface area contributed by atoms with Gasteiger partial charge in [0.2, 0.25) is 0 Å². The molecule has 1 saturated heterocycles. The van der Waals surface area contributed by atoms with Crippen molar-refractivity contribution in [1.29, 1.82) is 0 Å². The molecule has 1 aliphatic rings. The molecule has 1 fully saturated rings. The lowest BCUT2D eigenvalue weighted by Gasteiger charge is -2.37. The average Bonchev–Trinajstić information content (AvgIpc) is 3.18. The van der Waals surface area contributed by atoms with Gasteiger partial charge in [-0.05, 0) is 42.8 Å². The molecule has 0 bridgehead atoms. The molecule has 0 unspecified atom stereocenters. The zero-order chi connectivity index (χ0) is 20.1. The number of halogens is 2. The van der Waals surface area contributed by atoms with Gasteiger partial charge in [-0.2, -0.15) is 0 Å². The van der Waals surface area contributed by atoms with Crippen molar-refractivity contribution in [2.45, 2.75) is 12.8 Å². The average molecular weight is 523 g/mol. The van der Waals surface area contributed by atoms with Gasteiger partial charge in [-0.3, -0.25) is 9.39 Å². The monoisotopic (exact) mass is 523 g/mol. The van der Waals surface area contributed by atoms with Gasteiger partial charge in [-0.25, -0.2) is 4.39 Å². The number of nitrogens with zero attached hydrogens (tertiary/aromatic N) is 6. The molecule has 1 aliphatic heterocycles. The van der Waals surface area contributed by atoms with Crippen LogP contribution in [-0.4, -0.2) is 65.2 Å². The summed E-state index contributed by atoms with van der Waals surface area (Å²) < 4.78 is 15.2. The molecule has 30 heavy (non-hydrogen) atoms. The maximum Gasteiger partial charge on any atom is 0.193 e. The van der Waals surface area contributed by atoms with Crippen LogP contribution < -0.4 is 10.2 Å². The molecule has 0 atom stereocenters. The Labute approximate surface area is 193 Å². The second-order valence-electron chi connectivity index (χ2n) is 7.07. The molecular formula is C21H27FIN7. The number of aromatic nitrogens is 3. The number of piperazine rings is 1. The third-order valence-electron chi connectivity index (χ3n) is 5.23. The van der Waals surface area contributed by atoms with Gasteiger partial charge in [0.15, 0.2) is 11.6 Å². The molecule has 160 valence electrons. The van der Waals surface area contributed by atoms with E-state index >= 15 is 0 Å². The number of rotatable bonds is 5. The van der Waals surface area contributed by atoms with E-state index in [9.17, 15) is 4.39 Å². The van der Waals surface area contributed by atoms with Crippen LogP contribution in [0.3, 0.4) is 0 Å². The van der Waals surface area contributed by atoms with Crippen LogP contribution in [0.1, 0.15) is 12.2 Å². The fraction of sp³-hybridized carbons (Fsp3) is 0.381. The number of benzene rings is 1. The van der Waals surface area contributed by atoms with Crippen LogP contribution in [-0.2, 0) is 6.42 Å². The number of hydrogen-bond donors (Lipinski definition) is 1. The Morgan fingerprint density at radius 1 is 1.07 bits per heavy atom. The summed E-state index contributed by atoms with van der Waals surface area (Å²) in [5, 5.41) is 11.9. The minimum atomic E-state index is -0.198. The number of anilines is 1. The molecule has 0 radical (unpaired) electrons. The molecule has 0 spiro atoms. The Kier molecular flexibility index (Phi) is 7.83. The molecule has 0 amide bonds. The second kappa shape index (κ2) is 10.6. The largest absolute Gasteiger partial charge is 0.368 e. The van der Waals surface area contributed by atoms with E-state index in [1.165, 1.54) is 12.1 Å². The van der Waals surface area contributed by atoms with Crippen molar-refractivity contribution < 1.29 is 4.39 Å². The fourth-order valence-corrected chi connectivity index (χ4v) is 3.67. The summed E-state index contributed by atoms with van der Waals surface area (Å²) in [5.41, 5.74) is 1.94. The minimum absolute atomic E-state index is 0. The zero-order valence-corrected chi connectivity index (χ0v) is 19.4. The number of aryl methyl sites for hydroxylation is 1. The van der Waals surface area contributed by atoms with E-state index in [0.717, 1.165) is 68.7 Å². The van der Waals surface area contributed by atoms with Gasteiger partial charge >= 0.3 is 0 Å². The predicted octanol–water partition coefficient (Wildman–Crippen LogP) is 2.82. The number of pyridine rings is 1. The molecule has 3 aromatic rings. The Hall–Kier alpha value is -2.43. The maximum atomic E-state index is 13.1. The summed E-state index contributed by atoms with van der Waals surface area (Å²) >= 11 is 0. The van der Waals surface area contributed by atoms with Crippen LogP contribution in [0.5, 0.6) is 0 Å². The van der Waals surface area contributed by atoms with Crippen molar-refractivity contribution in [3.05, 3.63) is 60.3 Å². The van der Waals surface area contributed by atoms with E-state index in [1.807, 2.05) is 48.0 Å². The van der Waals surface area contributed by atoms with Gasteiger partial charge in [-0.15, -0.1) is 34.2 Å². The van der Waals surface area contributed by atoms with E-state index < -0.39 is 0 Å². The van der Waals surface area contributed by atoms with Crippen molar-refractivity contribution in [2.24, 2.45) is 4.99 Å². The third kappa shape index (κ3) is 5.18. The van der Waals surface area contributed by atoms with Gasteiger partial charge in [0.1, 0.15) is 11.6 Å². The number of hydrogen-bond acceptors (Lipinski definition) is 4. The normalized spacial score (nSPS) is 14.7. The van der Waals surface area contributed by atoms with Gasteiger partial charge in [0, 0.05) is 58.1 Å². The minimum Gasteiger partial charge on any atom is -0.368 e. The highest BCUT2D eigenvalue weighted by atomic mass is 127. The summed E-state index contributed by atoms with van der Waals surface area (Å²) in [7, 11) is 1.82. The van der Waals surface area contributed by atoms with Crippen molar-refractivity contribution in [2.75, 3.05) is 44.7 Å². The lowest BCUT2D eigenvalue weighted by atomic mass is 10.2. The number of guanidine groups is 1. The lowest BCUT2D eigenvalue weighted by Crippen LogP contribution is -2.52. The van der Waals surface area contributed by atoms with Crippen molar-refractivity contribution in [3.63, 3.8) is 0 Å². The Bertz CT molecular complexity index is 965. The molecule has 0 aliphatic carbocycles. The predicted molar refractivity (Wildman–Crippen MR) is 128 cm³/mol. The first-order chi connectivity index (χ1) is 14.2. The van der Waals surface area contributed by atoms with Crippen LogP contribution in [0.2, 0.25) is 0 Å². The van der Waals surface area contributed by atoms with Gasteiger partial charge in [0.05, 0.1) is 0 Å². The first-order valence-electron chi connectivity index (χ1n) is 9.99. The highest BCUT2D eigenvalue weighted by molar-refractivity contribution is 14.0. The van der Waals surface area contributed by atoms with Crippen molar-refractivity contribution in [1.82, 2.24) is 24.8 Å². The van der Waals surface area contributed by atoms with E-state index in [-0.39, 0.29) is 29.8 Å². The van der Waals surface area contributed by atoms with E-state index in [4.69, 9.17) is 0 Å². The summed E-state index contributed by atoms with van der Waals surface area (Å²) in [6.07, 6.45) is 3.80. The van der Waals surface area contributed by atoms with Crippen molar-refractivity contribution in [3.8, 4) is 0 Å². The first-order valence-corrected chi connectivity index (χ1v) is 9.99. The molecular weight excluding hydrogens is 496 g/mol. The molecule has 4 rings (SSSR count). The molecule has 0 saturated carbocycles. The third-order valence-corrected chi connectivity index (χ3v) is 5.23. The number of aliphatic imine (C=N–C) groups is 1. The zero-order valence-electron chi connectivity index (χ0n) is 17.0. The van der Waals surface area contributed by atoms with Crippen molar-refractivity contribution >= 4 is 41.3 Å². The molecule has 9 heteroatoms. The highest BCUT2D eigenvalue weighted by Gasteiger charge is 2.19. The summed E-state index contributed by atoms with van der Waals surface area (Å²) in [6, 6.07) is 12.6. The second-order valence-corrected chi connectivity index (χ2v) is 7.07. The van der Waals surface area contributed by atoms with Gasteiger partial charge in [0.25, 0.3) is 0 Å². The Morgan fingerprint density at radius 2 is 1.83 bits per heavy atom. The Morgan fingerprint density at radius 3 is 2.57 bits per heavy atom. The van der Waals surface area contributed by atoms with E-state index in [1.54, 1.807) is 0 Å². The highest BCUT2D eigenvalue weighted by Crippen LogP contribution is 2.17. The Balaban J connectivity index is 0.00000256. The molecule has 1 aromatic carbocycles. The van der Waals surface area contributed by atoms with Gasteiger partial charge in [-0.1, -0.05) is 6.07 Å². The molecule has 3 heterocycles. The lowest BCUT2D eigenvalue weighted by molar-refractivity contribution is 0.372. The fourth-order valence-electron chi connectivity index (χ4n) is 3.67. The van der Waals surface area contributed by atoms with Crippen LogP contribution in [0.15, 0.2) is 53.7 Å². The van der Waals surface area contributed by atoms with E-state index in [0.29, 0.717) is 0 Å². The van der Waals surface area contributed by atoms with Crippen LogP contribution in [0.25, 0.3) is 5.65 Å². The maximum absolute atomic E-state index is 13.1. The smallest absolute Gasteiger partial charge is 0.193 e. The standard InChI is InChI=1S/C21H26FN7.HI/c1-23-21(24-11-4-6-20-26-25-19-5-2-3-12-29(19)20)28-15-13-27(14-16-28)18-9-7-17(22)8-10-18;/h2-3,5,7-10,12H,4,6,11,13-16H2,1H3,(H,23,24);1H. The number of nitrogens with one attached hydrogen (secondary N) is 1. The summed E-state index contributed by atoms with van der Waals surface area (Å²) in [6.45, 7) is 4.36. The molecule has 2 aromatic heterocycles. The number of fused-ring (bicyclic) bond motifs is 1. The van der Waals surface area contributed by atoms with Crippen LogP contribution >= 0.6 is 24.0 Å². The van der Waals surface area contributed by atoms with E-state index in [2.05, 4.69) is 30.3 Å².